The van der Waals surface area contributed by atoms with E-state index >= 15 is 0 Å². The van der Waals surface area contributed by atoms with Crippen LogP contribution in [0.5, 0.6) is 0 Å². The van der Waals surface area contributed by atoms with Crippen molar-refractivity contribution in [3.63, 3.8) is 0 Å². The largest absolute Gasteiger partial charge is 0.387 e. The molecule has 0 heterocycles. The first-order valence-electron chi connectivity index (χ1n) is 4.66. The SMILES string of the molecule is C[C@]1(O)CC[C@]1(O)c1ccc(Cl)cc1. The molecular formula is C11H13ClO2. The van der Waals surface area contributed by atoms with Gasteiger partial charge in [-0.05, 0) is 37.5 Å². The van der Waals surface area contributed by atoms with Gasteiger partial charge in [-0.2, -0.15) is 0 Å². The molecule has 1 aliphatic carbocycles. The third-order valence-electron chi connectivity index (χ3n) is 3.19. The molecule has 0 unspecified atom stereocenters. The Morgan fingerprint density at radius 1 is 1.14 bits per heavy atom. The molecule has 3 heteroatoms. The van der Waals surface area contributed by atoms with E-state index in [1.165, 1.54) is 0 Å². The van der Waals surface area contributed by atoms with Gasteiger partial charge in [-0.15, -0.1) is 0 Å². The number of benzene rings is 1. The second-order valence-corrected chi connectivity index (χ2v) is 4.58. The molecule has 14 heavy (non-hydrogen) atoms. The standard InChI is InChI=1S/C11H13ClO2/c1-10(13)6-7-11(10,14)8-2-4-9(12)5-3-8/h2-5,13-14H,6-7H2,1H3/t10-,11-/m0/s1. The van der Waals surface area contributed by atoms with Crippen molar-refractivity contribution in [2.45, 2.75) is 31.0 Å². The van der Waals surface area contributed by atoms with E-state index in [1.807, 2.05) is 0 Å². The third kappa shape index (κ3) is 1.26. The summed E-state index contributed by atoms with van der Waals surface area (Å²) in [5, 5.41) is 20.7. The quantitative estimate of drug-likeness (QED) is 0.748. The summed E-state index contributed by atoms with van der Waals surface area (Å²) in [6.45, 7) is 1.66. The number of hydrogen-bond acceptors (Lipinski definition) is 2. The molecule has 2 nitrogen and oxygen atoms in total. The average Bonchev–Trinajstić information content (AvgIpc) is 2.16. The van der Waals surface area contributed by atoms with Crippen LogP contribution in [0.1, 0.15) is 25.3 Å². The summed E-state index contributed by atoms with van der Waals surface area (Å²) in [5.74, 6) is 0. The lowest BCUT2D eigenvalue weighted by molar-refractivity contribution is -0.219. The van der Waals surface area contributed by atoms with Crippen LogP contribution >= 0.6 is 11.6 Å². The van der Waals surface area contributed by atoms with Crippen LogP contribution in [0, 0.1) is 0 Å². The lowest BCUT2D eigenvalue weighted by Gasteiger charge is -2.51. The first-order valence-corrected chi connectivity index (χ1v) is 5.04. The van der Waals surface area contributed by atoms with E-state index in [1.54, 1.807) is 31.2 Å². The minimum Gasteiger partial charge on any atom is -0.387 e. The van der Waals surface area contributed by atoms with Gasteiger partial charge in [-0.3, -0.25) is 0 Å². The lowest BCUT2D eigenvalue weighted by Crippen LogP contribution is -2.58. The topological polar surface area (TPSA) is 40.5 Å². The molecule has 0 radical (unpaired) electrons. The molecule has 0 amide bonds. The minimum absolute atomic E-state index is 0.599. The van der Waals surface area contributed by atoms with Crippen molar-refractivity contribution in [1.29, 1.82) is 0 Å². The van der Waals surface area contributed by atoms with Crippen LogP contribution in [0.15, 0.2) is 24.3 Å². The van der Waals surface area contributed by atoms with Crippen molar-refractivity contribution in [2.24, 2.45) is 0 Å². The van der Waals surface area contributed by atoms with Crippen molar-refractivity contribution in [3.8, 4) is 0 Å². The molecule has 0 saturated heterocycles. The summed E-state index contributed by atoms with van der Waals surface area (Å²) in [7, 11) is 0. The molecule has 1 aromatic rings. The van der Waals surface area contributed by atoms with Crippen molar-refractivity contribution >= 4 is 11.6 Å². The molecule has 1 aliphatic rings. The van der Waals surface area contributed by atoms with Crippen LogP contribution in [0.3, 0.4) is 0 Å². The van der Waals surface area contributed by atoms with Crippen LogP contribution in [-0.2, 0) is 5.60 Å². The van der Waals surface area contributed by atoms with E-state index in [-0.39, 0.29) is 0 Å². The Labute approximate surface area is 88.1 Å². The summed E-state index contributed by atoms with van der Waals surface area (Å²) in [6.07, 6.45) is 1.23. The fraction of sp³-hybridized carbons (Fsp3) is 0.455. The summed E-state index contributed by atoms with van der Waals surface area (Å²) in [5.41, 5.74) is -1.38. The van der Waals surface area contributed by atoms with Gasteiger partial charge in [0.25, 0.3) is 0 Å². The van der Waals surface area contributed by atoms with Gasteiger partial charge in [-0.25, -0.2) is 0 Å². The number of hydrogen-bond donors (Lipinski definition) is 2. The average molecular weight is 213 g/mol. The van der Waals surface area contributed by atoms with Crippen LogP contribution in [0.25, 0.3) is 0 Å². The van der Waals surface area contributed by atoms with Crippen LogP contribution < -0.4 is 0 Å². The monoisotopic (exact) mass is 212 g/mol. The molecule has 0 bridgehead atoms. The molecule has 1 saturated carbocycles. The fourth-order valence-electron chi connectivity index (χ4n) is 1.90. The lowest BCUT2D eigenvalue weighted by atomic mass is 9.63. The predicted octanol–water partition coefficient (Wildman–Crippen LogP) is 2.07. The fourth-order valence-corrected chi connectivity index (χ4v) is 2.03. The second-order valence-electron chi connectivity index (χ2n) is 4.14. The van der Waals surface area contributed by atoms with Gasteiger partial charge in [0.2, 0.25) is 0 Å². The maximum absolute atomic E-state index is 10.2. The zero-order valence-electron chi connectivity index (χ0n) is 8.00. The highest BCUT2D eigenvalue weighted by molar-refractivity contribution is 6.30. The van der Waals surface area contributed by atoms with E-state index in [0.717, 1.165) is 5.56 Å². The van der Waals surface area contributed by atoms with Crippen LogP contribution in [0.2, 0.25) is 5.02 Å². The van der Waals surface area contributed by atoms with Crippen molar-refractivity contribution in [1.82, 2.24) is 0 Å². The highest BCUT2D eigenvalue weighted by Crippen LogP contribution is 2.49. The number of aliphatic hydroxyl groups is 2. The van der Waals surface area contributed by atoms with Gasteiger partial charge < -0.3 is 10.2 Å². The summed E-state index contributed by atoms with van der Waals surface area (Å²) < 4.78 is 0. The molecule has 0 aromatic heterocycles. The normalized spacial score (nSPS) is 36.6. The van der Waals surface area contributed by atoms with Gasteiger partial charge in [0, 0.05) is 5.02 Å². The minimum atomic E-state index is -1.10. The predicted molar refractivity (Wildman–Crippen MR) is 55.2 cm³/mol. The van der Waals surface area contributed by atoms with Crippen molar-refractivity contribution in [3.05, 3.63) is 34.9 Å². The Bertz CT molecular complexity index is 345. The highest BCUT2D eigenvalue weighted by Gasteiger charge is 2.55. The molecule has 1 fully saturated rings. The summed E-state index contributed by atoms with van der Waals surface area (Å²) >= 11 is 5.75. The van der Waals surface area contributed by atoms with E-state index in [0.29, 0.717) is 17.9 Å². The maximum atomic E-state index is 10.2. The molecule has 2 N–H and O–H groups in total. The zero-order chi connectivity index (χ0) is 10.4. The molecule has 0 spiro atoms. The van der Waals surface area contributed by atoms with Gasteiger partial charge in [0.15, 0.2) is 0 Å². The van der Waals surface area contributed by atoms with Gasteiger partial charge >= 0.3 is 0 Å². The van der Waals surface area contributed by atoms with Crippen molar-refractivity contribution in [2.75, 3.05) is 0 Å². The molecule has 2 rings (SSSR count). The molecule has 2 atom stereocenters. The van der Waals surface area contributed by atoms with Crippen molar-refractivity contribution < 1.29 is 10.2 Å². The van der Waals surface area contributed by atoms with E-state index < -0.39 is 11.2 Å². The smallest absolute Gasteiger partial charge is 0.118 e. The first kappa shape index (κ1) is 9.97. The van der Waals surface area contributed by atoms with Crippen LogP contribution in [0.4, 0.5) is 0 Å². The summed E-state index contributed by atoms with van der Waals surface area (Å²) in [6, 6.07) is 6.97. The van der Waals surface area contributed by atoms with Gasteiger partial charge in [0.05, 0.1) is 5.60 Å². The number of halogens is 1. The first-order chi connectivity index (χ1) is 6.46. The van der Waals surface area contributed by atoms with E-state index in [9.17, 15) is 10.2 Å². The van der Waals surface area contributed by atoms with Gasteiger partial charge in [0.1, 0.15) is 5.60 Å². The molecule has 76 valence electrons. The van der Waals surface area contributed by atoms with E-state index in [2.05, 4.69) is 0 Å². The second kappa shape index (κ2) is 2.96. The Kier molecular flexibility index (Phi) is 2.11. The zero-order valence-corrected chi connectivity index (χ0v) is 8.75. The van der Waals surface area contributed by atoms with Gasteiger partial charge in [-0.1, -0.05) is 23.7 Å². The molecular weight excluding hydrogens is 200 g/mol. The van der Waals surface area contributed by atoms with E-state index in [4.69, 9.17) is 11.6 Å². The Balaban J connectivity index is 2.36. The number of rotatable bonds is 1. The Morgan fingerprint density at radius 3 is 2.07 bits per heavy atom. The maximum Gasteiger partial charge on any atom is 0.118 e. The molecule has 1 aromatic carbocycles. The summed E-state index contributed by atoms with van der Waals surface area (Å²) in [4.78, 5) is 0. The Morgan fingerprint density at radius 2 is 1.71 bits per heavy atom. The van der Waals surface area contributed by atoms with Crippen LogP contribution in [-0.4, -0.2) is 15.8 Å². The Hall–Kier alpha value is -0.570. The molecule has 0 aliphatic heterocycles. The third-order valence-corrected chi connectivity index (χ3v) is 3.44. The highest BCUT2D eigenvalue weighted by atomic mass is 35.5.